The monoisotopic (exact) mass is 332 g/mol. The third-order valence-electron chi connectivity index (χ3n) is 5.73. The van der Waals surface area contributed by atoms with Gasteiger partial charge in [-0.1, -0.05) is 0 Å². The molecular weight excluding hydrogens is 308 g/mol. The van der Waals surface area contributed by atoms with Gasteiger partial charge in [0.05, 0.1) is 6.61 Å². The van der Waals surface area contributed by atoms with Crippen LogP contribution in [-0.2, 0) is 9.53 Å². The molecule has 2 atom stereocenters. The van der Waals surface area contributed by atoms with Crippen molar-refractivity contribution in [3.8, 4) is 0 Å². The molecule has 3 aliphatic heterocycles. The summed E-state index contributed by atoms with van der Waals surface area (Å²) < 4.78 is 5.50. The number of anilines is 2. The van der Waals surface area contributed by atoms with Gasteiger partial charge in [-0.25, -0.2) is 9.97 Å². The molecule has 0 aliphatic carbocycles. The topological polar surface area (TPSA) is 78.8 Å². The van der Waals surface area contributed by atoms with E-state index >= 15 is 0 Å². The standard InChI is InChI=1S/C17H24N4O3/c22-16(23)17-10-21(9-13(17)4-7-24-11-17)15-8-14(18-12-19-15)20-5-2-1-3-6-20/h8,12-13H,1-7,9-11H2,(H,22,23)/t13-,17+/m0/s1. The molecule has 0 saturated carbocycles. The van der Waals surface area contributed by atoms with Gasteiger partial charge in [0.15, 0.2) is 0 Å². The first-order valence-electron chi connectivity index (χ1n) is 8.82. The van der Waals surface area contributed by atoms with E-state index in [1.807, 2.05) is 6.07 Å². The van der Waals surface area contributed by atoms with Crippen molar-refractivity contribution in [2.75, 3.05) is 49.2 Å². The second-order valence-electron chi connectivity index (χ2n) is 7.16. The van der Waals surface area contributed by atoms with Gasteiger partial charge < -0.3 is 19.6 Å². The van der Waals surface area contributed by atoms with Crippen molar-refractivity contribution < 1.29 is 14.6 Å². The largest absolute Gasteiger partial charge is 0.481 e. The predicted molar refractivity (Wildman–Crippen MR) is 89.3 cm³/mol. The van der Waals surface area contributed by atoms with Crippen LogP contribution in [0, 0.1) is 11.3 Å². The first-order chi connectivity index (χ1) is 11.7. The predicted octanol–water partition coefficient (Wildman–Crippen LogP) is 1.39. The van der Waals surface area contributed by atoms with E-state index < -0.39 is 11.4 Å². The molecule has 1 N–H and O–H groups in total. The molecule has 0 spiro atoms. The molecule has 4 heterocycles. The molecule has 3 saturated heterocycles. The summed E-state index contributed by atoms with van der Waals surface area (Å²) in [6, 6.07) is 2.01. The van der Waals surface area contributed by atoms with Crippen molar-refractivity contribution in [3.63, 3.8) is 0 Å². The first kappa shape index (κ1) is 15.6. The molecule has 0 unspecified atom stereocenters. The summed E-state index contributed by atoms with van der Waals surface area (Å²) in [6.45, 7) is 4.21. The Hall–Kier alpha value is -1.89. The minimum Gasteiger partial charge on any atom is -0.481 e. The third kappa shape index (κ3) is 2.60. The normalized spacial score (nSPS) is 30.2. The van der Waals surface area contributed by atoms with Gasteiger partial charge in [-0.05, 0) is 31.6 Å². The highest BCUT2D eigenvalue weighted by Gasteiger charge is 2.54. The quantitative estimate of drug-likeness (QED) is 0.896. The highest BCUT2D eigenvalue weighted by atomic mass is 16.5. The smallest absolute Gasteiger partial charge is 0.314 e. The molecule has 24 heavy (non-hydrogen) atoms. The molecule has 0 aromatic carbocycles. The van der Waals surface area contributed by atoms with Gasteiger partial charge in [0, 0.05) is 38.9 Å². The maximum Gasteiger partial charge on any atom is 0.314 e. The molecule has 1 aromatic heterocycles. The minimum absolute atomic E-state index is 0.122. The van der Waals surface area contributed by atoms with Gasteiger partial charge in [-0.2, -0.15) is 0 Å². The zero-order valence-corrected chi connectivity index (χ0v) is 13.9. The van der Waals surface area contributed by atoms with E-state index in [1.54, 1.807) is 6.33 Å². The Morgan fingerprint density at radius 2 is 1.96 bits per heavy atom. The van der Waals surface area contributed by atoms with Crippen LogP contribution in [0.15, 0.2) is 12.4 Å². The number of piperidine rings is 1. The fourth-order valence-corrected chi connectivity index (χ4v) is 4.27. The lowest BCUT2D eigenvalue weighted by Crippen LogP contribution is -2.46. The zero-order valence-electron chi connectivity index (χ0n) is 13.9. The van der Waals surface area contributed by atoms with Gasteiger partial charge in [0.25, 0.3) is 0 Å². The fraction of sp³-hybridized carbons (Fsp3) is 0.706. The molecule has 7 nitrogen and oxygen atoms in total. The number of carboxylic acid groups (broad SMARTS) is 1. The van der Waals surface area contributed by atoms with Gasteiger partial charge >= 0.3 is 5.97 Å². The zero-order chi connectivity index (χ0) is 16.6. The molecule has 130 valence electrons. The third-order valence-corrected chi connectivity index (χ3v) is 5.73. The average Bonchev–Trinajstić information content (AvgIpc) is 3.04. The summed E-state index contributed by atoms with van der Waals surface area (Å²) in [7, 11) is 0. The lowest BCUT2D eigenvalue weighted by Gasteiger charge is -2.33. The van der Waals surface area contributed by atoms with E-state index in [1.165, 1.54) is 19.3 Å². The highest BCUT2D eigenvalue weighted by molar-refractivity contribution is 5.77. The van der Waals surface area contributed by atoms with E-state index in [2.05, 4.69) is 19.8 Å². The number of ether oxygens (including phenoxy) is 1. The summed E-state index contributed by atoms with van der Waals surface area (Å²) in [5.41, 5.74) is -0.797. The number of carbonyl (C=O) groups is 1. The summed E-state index contributed by atoms with van der Waals surface area (Å²) >= 11 is 0. The van der Waals surface area contributed by atoms with Crippen molar-refractivity contribution in [2.45, 2.75) is 25.7 Å². The van der Waals surface area contributed by atoms with E-state index in [-0.39, 0.29) is 5.92 Å². The van der Waals surface area contributed by atoms with E-state index in [4.69, 9.17) is 4.74 Å². The molecule has 0 radical (unpaired) electrons. The van der Waals surface area contributed by atoms with Crippen molar-refractivity contribution in [3.05, 3.63) is 12.4 Å². The van der Waals surface area contributed by atoms with Crippen LogP contribution in [0.25, 0.3) is 0 Å². The number of hydrogen-bond donors (Lipinski definition) is 1. The summed E-state index contributed by atoms with van der Waals surface area (Å²) in [4.78, 5) is 25.1. The van der Waals surface area contributed by atoms with Crippen LogP contribution >= 0.6 is 0 Å². The number of rotatable bonds is 3. The van der Waals surface area contributed by atoms with Crippen molar-refractivity contribution in [2.24, 2.45) is 11.3 Å². The first-order valence-corrected chi connectivity index (χ1v) is 8.82. The van der Waals surface area contributed by atoms with Crippen molar-refractivity contribution in [1.82, 2.24) is 9.97 Å². The number of fused-ring (bicyclic) bond motifs is 1. The maximum absolute atomic E-state index is 11.9. The molecule has 3 fully saturated rings. The lowest BCUT2D eigenvalue weighted by atomic mass is 9.76. The SMILES string of the molecule is O=C(O)[C@]12COCC[C@H]1CN(c1cc(N3CCCCC3)ncn1)C2. The van der Waals surface area contributed by atoms with Crippen molar-refractivity contribution in [1.29, 1.82) is 0 Å². The Morgan fingerprint density at radius 3 is 2.67 bits per heavy atom. The van der Waals surface area contributed by atoms with Gasteiger partial charge in [-0.15, -0.1) is 0 Å². The van der Waals surface area contributed by atoms with Crippen LogP contribution in [0.2, 0.25) is 0 Å². The Morgan fingerprint density at radius 1 is 1.21 bits per heavy atom. The van der Waals surface area contributed by atoms with E-state index in [0.717, 1.165) is 37.7 Å². The van der Waals surface area contributed by atoms with Gasteiger partial charge in [0.2, 0.25) is 0 Å². The molecule has 0 bridgehead atoms. The number of aromatic nitrogens is 2. The van der Waals surface area contributed by atoms with Crippen LogP contribution < -0.4 is 9.80 Å². The van der Waals surface area contributed by atoms with Crippen LogP contribution in [-0.4, -0.2) is 60.4 Å². The number of hydrogen-bond acceptors (Lipinski definition) is 6. The van der Waals surface area contributed by atoms with E-state index in [9.17, 15) is 9.90 Å². The summed E-state index contributed by atoms with van der Waals surface area (Å²) in [5.74, 6) is 1.16. The molecule has 1 aromatic rings. The van der Waals surface area contributed by atoms with E-state index in [0.29, 0.717) is 19.8 Å². The molecule has 3 aliphatic rings. The Bertz CT molecular complexity index is 620. The Balaban J connectivity index is 1.57. The second kappa shape index (κ2) is 6.20. The van der Waals surface area contributed by atoms with Crippen LogP contribution in [0.5, 0.6) is 0 Å². The summed E-state index contributed by atoms with van der Waals surface area (Å²) in [6.07, 6.45) is 6.08. The number of carboxylic acids is 1. The molecule has 0 amide bonds. The number of aliphatic carboxylic acids is 1. The van der Waals surface area contributed by atoms with Gasteiger partial charge in [-0.3, -0.25) is 4.79 Å². The maximum atomic E-state index is 11.9. The van der Waals surface area contributed by atoms with Crippen molar-refractivity contribution >= 4 is 17.6 Å². The fourth-order valence-electron chi connectivity index (χ4n) is 4.27. The van der Waals surface area contributed by atoms with Crippen LogP contribution in [0.1, 0.15) is 25.7 Å². The molecule has 4 rings (SSSR count). The Kier molecular flexibility index (Phi) is 4.04. The molecule has 7 heteroatoms. The summed E-state index contributed by atoms with van der Waals surface area (Å²) in [5, 5.41) is 9.77. The average molecular weight is 332 g/mol. The highest BCUT2D eigenvalue weighted by Crippen LogP contribution is 2.43. The van der Waals surface area contributed by atoms with Crippen LogP contribution in [0.4, 0.5) is 11.6 Å². The molecular formula is C17H24N4O3. The van der Waals surface area contributed by atoms with Gasteiger partial charge in [0.1, 0.15) is 23.4 Å². The number of nitrogens with zero attached hydrogens (tertiary/aromatic N) is 4. The van der Waals surface area contributed by atoms with Crippen LogP contribution in [0.3, 0.4) is 0 Å². The second-order valence-corrected chi connectivity index (χ2v) is 7.16. The minimum atomic E-state index is -0.797. The lowest BCUT2D eigenvalue weighted by molar-refractivity contribution is -0.159. The Labute approximate surface area is 141 Å².